The van der Waals surface area contributed by atoms with Gasteiger partial charge in [-0.05, 0) is 26.0 Å². The highest BCUT2D eigenvalue weighted by atomic mass is 16.4. The van der Waals surface area contributed by atoms with Crippen LogP contribution in [0.3, 0.4) is 0 Å². The first-order valence-corrected chi connectivity index (χ1v) is 5.48. The van der Waals surface area contributed by atoms with E-state index >= 15 is 0 Å². The summed E-state index contributed by atoms with van der Waals surface area (Å²) < 4.78 is 6.76. The SMILES string of the molecule is Cc1cc(Cn2c(C)cccc2=O)oc1C(=O)O. The number of hydrogen-bond acceptors (Lipinski definition) is 3. The molecule has 0 saturated heterocycles. The molecule has 18 heavy (non-hydrogen) atoms. The predicted octanol–water partition coefficient (Wildman–Crippen LogP) is 1.80. The molecule has 0 aliphatic heterocycles. The van der Waals surface area contributed by atoms with E-state index in [-0.39, 0.29) is 17.9 Å². The van der Waals surface area contributed by atoms with Gasteiger partial charge in [0.1, 0.15) is 5.76 Å². The van der Waals surface area contributed by atoms with Crippen LogP contribution in [0.25, 0.3) is 0 Å². The van der Waals surface area contributed by atoms with Crippen LogP contribution >= 0.6 is 0 Å². The van der Waals surface area contributed by atoms with Crippen LogP contribution < -0.4 is 5.56 Å². The minimum atomic E-state index is -1.10. The summed E-state index contributed by atoms with van der Waals surface area (Å²) in [5.74, 6) is -0.719. The van der Waals surface area contributed by atoms with Crippen LogP contribution in [-0.4, -0.2) is 15.6 Å². The molecule has 0 unspecified atom stereocenters. The zero-order chi connectivity index (χ0) is 13.3. The number of rotatable bonds is 3. The summed E-state index contributed by atoms with van der Waals surface area (Å²) in [5.41, 5.74) is 1.22. The molecule has 0 fully saturated rings. The molecular weight excluding hydrogens is 234 g/mol. The number of aromatic carboxylic acids is 1. The third kappa shape index (κ3) is 2.20. The van der Waals surface area contributed by atoms with Crippen LogP contribution in [0.2, 0.25) is 0 Å². The lowest BCUT2D eigenvalue weighted by Gasteiger charge is -2.06. The van der Waals surface area contributed by atoms with Gasteiger partial charge in [0.25, 0.3) is 5.56 Å². The summed E-state index contributed by atoms with van der Waals surface area (Å²) in [5, 5.41) is 8.89. The maximum absolute atomic E-state index is 11.7. The van der Waals surface area contributed by atoms with Crippen molar-refractivity contribution in [2.24, 2.45) is 0 Å². The van der Waals surface area contributed by atoms with Gasteiger partial charge in [0, 0.05) is 17.3 Å². The van der Waals surface area contributed by atoms with Gasteiger partial charge in [0.15, 0.2) is 0 Å². The van der Waals surface area contributed by atoms with Gasteiger partial charge in [-0.3, -0.25) is 4.79 Å². The second-order valence-corrected chi connectivity index (χ2v) is 4.12. The van der Waals surface area contributed by atoms with Crippen LogP contribution in [0.15, 0.2) is 33.5 Å². The van der Waals surface area contributed by atoms with Crippen LogP contribution in [0.1, 0.15) is 27.6 Å². The van der Waals surface area contributed by atoms with Crippen LogP contribution in [0, 0.1) is 13.8 Å². The highest BCUT2D eigenvalue weighted by molar-refractivity contribution is 5.86. The minimum Gasteiger partial charge on any atom is -0.475 e. The van der Waals surface area contributed by atoms with Crippen molar-refractivity contribution in [2.75, 3.05) is 0 Å². The Kier molecular flexibility index (Phi) is 3.06. The highest BCUT2D eigenvalue weighted by Gasteiger charge is 2.15. The largest absolute Gasteiger partial charge is 0.475 e. The Hall–Kier alpha value is -2.30. The maximum Gasteiger partial charge on any atom is 0.372 e. The predicted molar refractivity (Wildman–Crippen MR) is 64.9 cm³/mol. The molecule has 0 bridgehead atoms. The summed E-state index contributed by atoms with van der Waals surface area (Å²) in [6, 6.07) is 6.60. The number of nitrogens with zero attached hydrogens (tertiary/aromatic N) is 1. The van der Waals surface area contributed by atoms with Gasteiger partial charge in [0.2, 0.25) is 5.76 Å². The number of pyridine rings is 1. The van der Waals surface area contributed by atoms with Gasteiger partial charge < -0.3 is 14.1 Å². The Bertz CT molecular complexity index is 651. The van der Waals surface area contributed by atoms with E-state index in [4.69, 9.17) is 9.52 Å². The first kappa shape index (κ1) is 12.2. The monoisotopic (exact) mass is 247 g/mol. The van der Waals surface area contributed by atoms with E-state index in [1.54, 1.807) is 19.1 Å². The third-order valence-electron chi connectivity index (χ3n) is 2.75. The van der Waals surface area contributed by atoms with E-state index in [2.05, 4.69) is 0 Å². The van der Waals surface area contributed by atoms with E-state index in [0.717, 1.165) is 5.69 Å². The van der Waals surface area contributed by atoms with E-state index in [1.165, 1.54) is 10.6 Å². The van der Waals surface area contributed by atoms with Gasteiger partial charge >= 0.3 is 5.97 Å². The molecule has 2 aromatic heterocycles. The van der Waals surface area contributed by atoms with Crippen molar-refractivity contribution in [2.45, 2.75) is 20.4 Å². The van der Waals surface area contributed by atoms with E-state index in [1.807, 2.05) is 13.0 Å². The standard InChI is InChI=1S/C13H13NO4/c1-8-6-10(18-12(8)13(16)17)7-14-9(2)4-3-5-11(14)15/h3-6H,7H2,1-2H3,(H,16,17). The zero-order valence-electron chi connectivity index (χ0n) is 10.1. The van der Waals surface area contributed by atoms with Gasteiger partial charge in [-0.2, -0.15) is 0 Å². The molecule has 5 nitrogen and oxygen atoms in total. The minimum absolute atomic E-state index is 0.0772. The topological polar surface area (TPSA) is 72.4 Å². The summed E-state index contributed by atoms with van der Waals surface area (Å²) in [7, 11) is 0. The summed E-state index contributed by atoms with van der Waals surface area (Å²) >= 11 is 0. The summed E-state index contributed by atoms with van der Waals surface area (Å²) in [6.45, 7) is 3.71. The molecule has 0 aromatic carbocycles. The molecule has 5 heteroatoms. The smallest absolute Gasteiger partial charge is 0.372 e. The number of aromatic nitrogens is 1. The van der Waals surface area contributed by atoms with E-state index < -0.39 is 5.97 Å². The first-order chi connectivity index (χ1) is 8.49. The average molecular weight is 247 g/mol. The van der Waals surface area contributed by atoms with Gasteiger partial charge in [0.05, 0.1) is 6.54 Å². The second kappa shape index (κ2) is 4.52. The van der Waals surface area contributed by atoms with Gasteiger partial charge in [-0.1, -0.05) is 6.07 Å². The van der Waals surface area contributed by atoms with Crippen molar-refractivity contribution >= 4 is 5.97 Å². The van der Waals surface area contributed by atoms with E-state index in [0.29, 0.717) is 11.3 Å². The van der Waals surface area contributed by atoms with Crippen molar-refractivity contribution in [1.29, 1.82) is 0 Å². The Morgan fingerprint density at radius 1 is 1.39 bits per heavy atom. The molecule has 0 atom stereocenters. The summed E-state index contributed by atoms with van der Waals surface area (Å²) in [6.07, 6.45) is 0. The molecule has 2 rings (SSSR count). The van der Waals surface area contributed by atoms with Crippen molar-refractivity contribution in [3.63, 3.8) is 0 Å². The van der Waals surface area contributed by atoms with Crippen molar-refractivity contribution in [1.82, 2.24) is 4.57 Å². The Balaban J connectivity index is 2.38. The van der Waals surface area contributed by atoms with Gasteiger partial charge in [-0.25, -0.2) is 4.79 Å². The fourth-order valence-corrected chi connectivity index (χ4v) is 1.82. The lowest BCUT2D eigenvalue weighted by atomic mass is 10.2. The molecule has 94 valence electrons. The quantitative estimate of drug-likeness (QED) is 0.897. The second-order valence-electron chi connectivity index (χ2n) is 4.12. The number of hydrogen-bond donors (Lipinski definition) is 1. The normalized spacial score (nSPS) is 10.6. The van der Waals surface area contributed by atoms with Crippen LogP contribution in [0.5, 0.6) is 0 Å². The number of carbonyl (C=O) groups is 1. The number of carboxylic acids is 1. The molecule has 0 radical (unpaired) electrons. The van der Waals surface area contributed by atoms with Crippen molar-refractivity contribution in [3.05, 3.63) is 57.4 Å². The fourth-order valence-electron chi connectivity index (χ4n) is 1.82. The van der Waals surface area contributed by atoms with Crippen LogP contribution in [-0.2, 0) is 6.54 Å². The molecule has 0 amide bonds. The van der Waals surface area contributed by atoms with Crippen molar-refractivity contribution in [3.8, 4) is 0 Å². The Morgan fingerprint density at radius 2 is 2.11 bits per heavy atom. The molecular formula is C13H13NO4. The number of aryl methyl sites for hydroxylation is 2. The van der Waals surface area contributed by atoms with Crippen LogP contribution in [0.4, 0.5) is 0 Å². The molecule has 0 aliphatic carbocycles. The maximum atomic E-state index is 11.7. The molecule has 0 aliphatic rings. The molecule has 1 N–H and O–H groups in total. The van der Waals surface area contributed by atoms with Gasteiger partial charge in [-0.15, -0.1) is 0 Å². The zero-order valence-corrected chi connectivity index (χ0v) is 10.1. The Morgan fingerprint density at radius 3 is 2.67 bits per heavy atom. The molecule has 2 aromatic rings. The van der Waals surface area contributed by atoms with E-state index in [9.17, 15) is 9.59 Å². The summed E-state index contributed by atoms with van der Waals surface area (Å²) in [4.78, 5) is 22.5. The van der Waals surface area contributed by atoms with Crippen molar-refractivity contribution < 1.29 is 14.3 Å². The number of furan rings is 1. The Labute approximate surface area is 103 Å². The molecule has 2 heterocycles. The molecule has 0 saturated carbocycles. The average Bonchev–Trinajstić information content (AvgIpc) is 2.65. The lowest BCUT2D eigenvalue weighted by molar-refractivity contribution is 0.0659. The number of carboxylic acid groups (broad SMARTS) is 1. The first-order valence-electron chi connectivity index (χ1n) is 5.48. The third-order valence-corrected chi connectivity index (χ3v) is 2.75. The fraction of sp³-hybridized carbons (Fsp3) is 0.231. The molecule has 0 spiro atoms. The lowest BCUT2D eigenvalue weighted by Crippen LogP contribution is -2.21. The highest BCUT2D eigenvalue weighted by Crippen LogP contribution is 2.15.